The highest BCUT2D eigenvalue weighted by atomic mass is 16.6. The Balaban J connectivity index is 1.27. The zero-order valence-electron chi connectivity index (χ0n) is 28.7. The van der Waals surface area contributed by atoms with Gasteiger partial charge in [-0.1, -0.05) is 18.9 Å². The number of imide groups is 1. The van der Waals surface area contributed by atoms with Crippen LogP contribution in [0.2, 0.25) is 0 Å². The quantitative estimate of drug-likeness (QED) is 0.245. The number of piperidine rings is 1. The van der Waals surface area contributed by atoms with Gasteiger partial charge in [0, 0.05) is 33.0 Å². The SMILES string of the molecule is Cn1c(=O)n(C2CCC(=O)NC2=O)c2ccc(CCCCCCC(=O)N3CCN(C(=O)OC(C)(C)C)[C@H](C(=O)OC(C)(C)C)C3)cc21. The number of carbonyl (C=O) groups is 5. The Hall–Kier alpha value is -4.16. The fourth-order valence-corrected chi connectivity index (χ4v) is 6.03. The maximum absolute atomic E-state index is 13.1. The van der Waals surface area contributed by atoms with Crippen molar-refractivity contribution in [1.29, 1.82) is 0 Å². The molecule has 0 radical (unpaired) electrons. The van der Waals surface area contributed by atoms with Gasteiger partial charge < -0.3 is 14.4 Å². The first-order valence-electron chi connectivity index (χ1n) is 16.5. The molecule has 2 atom stereocenters. The number of rotatable bonds is 9. The van der Waals surface area contributed by atoms with E-state index in [2.05, 4.69) is 5.32 Å². The van der Waals surface area contributed by atoms with Crippen LogP contribution in [0.4, 0.5) is 4.79 Å². The van der Waals surface area contributed by atoms with Crippen LogP contribution in [0.25, 0.3) is 11.0 Å². The number of esters is 1. The van der Waals surface area contributed by atoms with E-state index in [-0.39, 0.29) is 37.0 Å². The Bertz CT molecular complexity index is 1580. The predicted molar refractivity (Wildman–Crippen MR) is 175 cm³/mol. The van der Waals surface area contributed by atoms with Crippen molar-refractivity contribution in [3.8, 4) is 0 Å². The van der Waals surface area contributed by atoms with Gasteiger partial charge in [-0.3, -0.25) is 33.7 Å². The first kappa shape index (κ1) is 35.7. The molecule has 0 aliphatic carbocycles. The normalized spacial score (nSPS) is 19.1. The summed E-state index contributed by atoms with van der Waals surface area (Å²) in [5.74, 6) is -1.40. The number of imidazole rings is 1. The number of nitrogens with zero attached hydrogens (tertiary/aromatic N) is 4. The van der Waals surface area contributed by atoms with Gasteiger partial charge in [-0.25, -0.2) is 14.4 Å². The summed E-state index contributed by atoms with van der Waals surface area (Å²) in [6.07, 6.45) is 4.39. The Morgan fingerprint density at radius 1 is 0.894 bits per heavy atom. The molecular formula is C34H49N5O8. The van der Waals surface area contributed by atoms with Gasteiger partial charge in [-0.15, -0.1) is 0 Å². The highest BCUT2D eigenvalue weighted by molar-refractivity contribution is 6.00. The molecule has 3 heterocycles. The Morgan fingerprint density at radius 2 is 1.57 bits per heavy atom. The van der Waals surface area contributed by atoms with Gasteiger partial charge >= 0.3 is 17.8 Å². The Kier molecular flexibility index (Phi) is 10.9. The second kappa shape index (κ2) is 14.3. The largest absolute Gasteiger partial charge is 0.458 e. The van der Waals surface area contributed by atoms with E-state index < -0.39 is 41.3 Å². The standard InChI is InChI=1S/C34H49N5O8/c1-33(2,3)46-30(43)26-21-37(18-19-38(26)32(45)47-34(4,5)6)28(41)13-11-9-8-10-12-22-14-15-23-25(20-22)36(7)31(44)39(23)24-16-17-27(40)35-29(24)42/h14-15,20,24,26H,8-13,16-19,21H2,1-7H3,(H,35,40,42)/t24?,26-/m0/s1. The molecule has 1 aromatic carbocycles. The molecule has 13 nitrogen and oxygen atoms in total. The first-order chi connectivity index (χ1) is 21.9. The van der Waals surface area contributed by atoms with Gasteiger partial charge in [0.15, 0.2) is 6.04 Å². The van der Waals surface area contributed by atoms with Crippen LogP contribution in [-0.2, 0) is 42.1 Å². The summed E-state index contributed by atoms with van der Waals surface area (Å²) >= 11 is 0. The predicted octanol–water partition coefficient (Wildman–Crippen LogP) is 3.60. The summed E-state index contributed by atoms with van der Waals surface area (Å²) < 4.78 is 14.1. The third-order valence-corrected chi connectivity index (χ3v) is 8.32. The minimum Gasteiger partial charge on any atom is -0.458 e. The van der Waals surface area contributed by atoms with Crippen LogP contribution in [0.15, 0.2) is 23.0 Å². The average Bonchev–Trinajstić information content (AvgIpc) is 3.21. The average molecular weight is 656 g/mol. The van der Waals surface area contributed by atoms with Crippen molar-refractivity contribution >= 4 is 40.8 Å². The second-order valence-electron chi connectivity index (χ2n) is 14.5. The lowest BCUT2D eigenvalue weighted by Gasteiger charge is -2.41. The molecule has 47 heavy (non-hydrogen) atoms. The number of nitrogens with one attached hydrogen (secondary N) is 1. The van der Waals surface area contributed by atoms with Crippen LogP contribution in [0.3, 0.4) is 0 Å². The number of hydrogen-bond donors (Lipinski definition) is 1. The molecule has 0 saturated carbocycles. The first-order valence-corrected chi connectivity index (χ1v) is 16.5. The zero-order chi connectivity index (χ0) is 34.7. The number of unbranched alkanes of at least 4 members (excludes halogenated alkanes) is 3. The van der Waals surface area contributed by atoms with E-state index >= 15 is 0 Å². The molecule has 1 aromatic heterocycles. The van der Waals surface area contributed by atoms with Crippen molar-refractivity contribution in [2.45, 2.75) is 116 Å². The zero-order valence-corrected chi connectivity index (χ0v) is 28.7. The smallest absolute Gasteiger partial charge is 0.411 e. The fraction of sp³-hybridized carbons (Fsp3) is 0.647. The second-order valence-corrected chi connectivity index (χ2v) is 14.5. The molecular weight excluding hydrogens is 606 g/mol. The van der Waals surface area contributed by atoms with Crippen LogP contribution >= 0.6 is 0 Å². The number of aromatic nitrogens is 2. The topological polar surface area (TPSA) is 149 Å². The lowest BCUT2D eigenvalue weighted by Crippen LogP contribution is -2.60. The molecule has 13 heteroatoms. The van der Waals surface area contributed by atoms with Crippen molar-refractivity contribution in [2.24, 2.45) is 7.05 Å². The van der Waals surface area contributed by atoms with Gasteiger partial charge in [-0.2, -0.15) is 0 Å². The van der Waals surface area contributed by atoms with Crippen molar-refractivity contribution < 1.29 is 33.4 Å². The highest BCUT2D eigenvalue weighted by Crippen LogP contribution is 2.25. The molecule has 2 aliphatic rings. The van der Waals surface area contributed by atoms with Gasteiger partial charge in [0.25, 0.3) is 0 Å². The van der Waals surface area contributed by atoms with Crippen LogP contribution in [0, 0.1) is 0 Å². The van der Waals surface area contributed by atoms with Gasteiger partial charge in [0.2, 0.25) is 17.7 Å². The summed E-state index contributed by atoms with van der Waals surface area (Å²) in [7, 11) is 1.68. The van der Waals surface area contributed by atoms with E-state index in [9.17, 15) is 28.8 Å². The van der Waals surface area contributed by atoms with E-state index in [1.54, 1.807) is 53.5 Å². The van der Waals surface area contributed by atoms with Crippen molar-refractivity contribution in [1.82, 2.24) is 24.3 Å². The Labute approximate surface area is 275 Å². The minimum atomic E-state index is -0.945. The summed E-state index contributed by atoms with van der Waals surface area (Å²) in [6, 6.07) is 4.14. The third-order valence-electron chi connectivity index (χ3n) is 8.32. The maximum Gasteiger partial charge on any atom is 0.411 e. The molecule has 2 aromatic rings. The number of ether oxygens (including phenoxy) is 2. The number of carbonyl (C=O) groups excluding carboxylic acids is 5. The maximum atomic E-state index is 13.1. The molecule has 1 unspecified atom stereocenters. The van der Waals surface area contributed by atoms with Crippen LogP contribution in [-0.4, -0.2) is 85.6 Å². The van der Waals surface area contributed by atoms with Gasteiger partial charge in [0.1, 0.15) is 17.2 Å². The molecule has 2 aliphatic heterocycles. The van der Waals surface area contributed by atoms with E-state index in [1.165, 1.54) is 14.0 Å². The van der Waals surface area contributed by atoms with Gasteiger partial charge in [-0.05, 0) is 84.9 Å². The number of amides is 4. The summed E-state index contributed by atoms with van der Waals surface area (Å²) in [4.78, 5) is 79.1. The molecule has 4 amide bonds. The Morgan fingerprint density at radius 3 is 2.23 bits per heavy atom. The summed E-state index contributed by atoms with van der Waals surface area (Å²) in [5, 5.41) is 2.33. The van der Waals surface area contributed by atoms with Crippen LogP contribution in [0.5, 0.6) is 0 Å². The highest BCUT2D eigenvalue weighted by Gasteiger charge is 2.41. The van der Waals surface area contributed by atoms with E-state index in [0.29, 0.717) is 31.3 Å². The molecule has 258 valence electrons. The number of aryl methyl sites for hydroxylation is 2. The van der Waals surface area contributed by atoms with Crippen molar-refractivity contribution in [3.05, 3.63) is 34.2 Å². The van der Waals surface area contributed by atoms with E-state index in [4.69, 9.17) is 9.47 Å². The lowest BCUT2D eigenvalue weighted by atomic mass is 10.0. The van der Waals surface area contributed by atoms with Crippen molar-refractivity contribution in [3.63, 3.8) is 0 Å². The van der Waals surface area contributed by atoms with Crippen LogP contribution in [0.1, 0.15) is 98.1 Å². The monoisotopic (exact) mass is 655 g/mol. The summed E-state index contributed by atoms with van der Waals surface area (Å²) in [5.41, 5.74) is 0.707. The van der Waals surface area contributed by atoms with Crippen molar-refractivity contribution in [2.75, 3.05) is 19.6 Å². The number of hydrogen-bond acceptors (Lipinski definition) is 8. The number of piperazine rings is 1. The van der Waals surface area contributed by atoms with Gasteiger partial charge in [0.05, 0.1) is 17.6 Å². The summed E-state index contributed by atoms with van der Waals surface area (Å²) in [6.45, 7) is 11.1. The molecule has 4 rings (SSSR count). The van der Waals surface area contributed by atoms with E-state index in [0.717, 1.165) is 36.8 Å². The lowest BCUT2D eigenvalue weighted by molar-refractivity contribution is -0.164. The molecule has 2 saturated heterocycles. The molecule has 0 spiro atoms. The number of benzene rings is 1. The number of fused-ring (bicyclic) bond motifs is 1. The fourth-order valence-electron chi connectivity index (χ4n) is 6.03. The van der Waals surface area contributed by atoms with E-state index in [1.807, 2.05) is 18.2 Å². The van der Waals surface area contributed by atoms with Crippen LogP contribution < -0.4 is 11.0 Å². The third kappa shape index (κ3) is 9.01. The molecule has 2 fully saturated rings. The minimum absolute atomic E-state index is 0.0588. The molecule has 1 N–H and O–H groups in total. The molecule has 0 bridgehead atoms.